The molecule has 132 valence electrons. The zero-order chi connectivity index (χ0) is 15.8. The van der Waals surface area contributed by atoms with Crippen molar-refractivity contribution in [1.82, 2.24) is 6.15 Å². The van der Waals surface area contributed by atoms with E-state index in [1.54, 1.807) is 0 Å². The van der Waals surface area contributed by atoms with Gasteiger partial charge in [0, 0.05) is 6.42 Å². The van der Waals surface area contributed by atoms with Crippen molar-refractivity contribution in [3.05, 3.63) is 12.2 Å². The van der Waals surface area contributed by atoms with Gasteiger partial charge in [0.05, 0.1) is 6.10 Å². The lowest BCUT2D eigenvalue weighted by Crippen LogP contribution is -2.04. The summed E-state index contributed by atoms with van der Waals surface area (Å²) in [5, 5.41) is 18.3. The maximum absolute atomic E-state index is 10.3. The second kappa shape index (κ2) is 18.2. The number of carbonyl (C=O) groups is 1. The van der Waals surface area contributed by atoms with Crippen LogP contribution in [0.5, 0.6) is 0 Å². The van der Waals surface area contributed by atoms with E-state index in [9.17, 15) is 9.90 Å². The summed E-state index contributed by atoms with van der Waals surface area (Å²) in [7, 11) is 0. The van der Waals surface area contributed by atoms with Crippen LogP contribution in [0.2, 0.25) is 0 Å². The third-order valence-corrected chi connectivity index (χ3v) is 3.73. The standard InChI is InChI=1S/C18H34O3.H3N/c1-2-3-4-11-14-17(19)15-12-9-7-5-6-8-10-13-16-18(20)21;/h9,12,17,19H,2-8,10-11,13-16H2,1H3,(H,20,21);1H3/b12-9-;. The molecule has 1 atom stereocenters. The summed E-state index contributed by atoms with van der Waals surface area (Å²) in [6, 6.07) is 0. The molecule has 0 aromatic heterocycles. The van der Waals surface area contributed by atoms with E-state index in [0.29, 0.717) is 6.42 Å². The van der Waals surface area contributed by atoms with Gasteiger partial charge in [-0.3, -0.25) is 4.79 Å². The van der Waals surface area contributed by atoms with E-state index in [4.69, 9.17) is 5.11 Å². The van der Waals surface area contributed by atoms with Crippen molar-refractivity contribution < 1.29 is 15.0 Å². The van der Waals surface area contributed by atoms with Crippen molar-refractivity contribution in [2.24, 2.45) is 0 Å². The van der Waals surface area contributed by atoms with Gasteiger partial charge in [-0.25, -0.2) is 0 Å². The average molecular weight is 315 g/mol. The molecule has 0 saturated carbocycles. The van der Waals surface area contributed by atoms with Gasteiger partial charge in [-0.05, 0) is 32.1 Å². The Bertz CT molecular complexity index is 267. The van der Waals surface area contributed by atoms with Gasteiger partial charge in [0.2, 0.25) is 0 Å². The monoisotopic (exact) mass is 315 g/mol. The van der Waals surface area contributed by atoms with E-state index < -0.39 is 5.97 Å². The first-order valence-electron chi connectivity index (χ1n) is 8.71. The number of rotatable bonds is 15. The summed E-state index contributed by atoms with van der Waals surface area (Å²) in [4.78, 5) is 10.3. The van der Waals surface area contributed by atoms with E-state index >= 15 is 0 Å². The van der Waals surface area contributed by atoms with Gasteiger partial charge >= 0.3 is 5.97 Å². The Balaban J connectivity index is 0. The number of carboxylic acids is 1. The van der Waals surface area contributed by atoms with Crippen LogP contribution in [0, 0.1) is 0 Å². The van der Waals surface area contributed by atoms with Gasteiger partial charge in [-0.15, -0.1) is 0 Å². The Labute approximate surface area is 136 Å². The number of unbranched alkanes of at least 4 members (excludes halogenated alkanes) is 8. The normalized spacial score (nSPS) is 12.3. The van der Waals surface area contributed by atoms with E-state index in [0.717, 1.165) is 51.4 Å². The average Bonchev–Trinajstić information content (AvgIpc) is 2.45. The van der Waals surface area contributed by atoms with Crippen molar-refractivity contribution in [2.45, 2.75) is 96.5 Å². The number of aliphatic hydroxyl groups is 1. The van der Waals surface area contributed by atoms with Gasteiger partial charge in [-0.1, -0.05) is 64.0 Å². The Hall–Kier alpha value is -0.870. The summed E-state index contributed by atoms with van der Waals surface area (Å²) in [5.74, 6) is -0.689. The maximum Gasteiger partial charge on any atom is 0.303 e. The molecule has 1 unspecified atom stereocenters. The largest absolute Gasteiger partial charge is 0.481 e. The molecule has 5 N–H and O–H groups in total. The van der Waals surface area contributed by atoms with E-state index in [1.165, 1.54) is 25.7 Å². The van der Waals surface area contributed by atoms with Crippen molar-refractivity contribution in [2.75, 3.05) is 0 Å². The number of hydrogen-bond donors (Lipinski definition) is 3. The highest BCUT2D eigenvalue weighted by molar-refractivity contribution is 5.66. The molecule has 0 aliphatic heterocycles. The van der Waals surface area contributed by atoms with Gasteiger partial charge < -0.3 is 16.4 Å². The molecule has 0 heterocycles. The third kappa shape index (κ3) is 19.1. The van der Waals surface area contributed by atoms with Crippen LogP contribution in [0.15, 0.2) is 12.2 Å². The number of allylic oxidation sites excluding steroid dienone is 1. The molecule has 0 fully saturated rings. The second-order valence-electron chi connectivity index (χ2n) is 5.91. The Morgan fingerprint density at radius 2 is 1.59 bits per heavy atom. The Kier molecular flexibility index (Phi) is 19.3. The van der Waals surface area contributed by atoms with Crippen LogP contribution >= 0.6 is 0 Å². The first-order valence-corrected chi connectivity index (χ1v) is 8.71. The highest BCUT2D eigenvalue weighted by Crippen LogP contribution is 2.10. The van der Waals surface area contributed by atoms with Gasteiger partial charge in [0.15, 0.2) is 0 Å². The highest BCUT2D eigenvalue weighted by Gasteiger charge is 2.00. The number of aliphatic hydroxyl groups excluding tert-OH is 1. The molecule has 4 nitrogen and oxygen atoms in total. The molecule has 0 aromatic carbocycles. The predicted molar refractivity (Wildman–Crippen MR) is 93.5 cm³/mol. The van der Waals surface area contributed by atoms with E-state index in [1.807, 2.05) is 0 Å². The summed E-state index contributed by atoms with van der Waals surface area (Å²) < 4.78 is 0. The zero-order valence-electron chi connectivity index (χ0n) is 14.4. The van der Waals surface area contributed by atoms with Crippen LogP contribution in [-0.4, -0.2) is 22.3 Å². The summed E-state index contributed by atoms with van der Waals surface area (Å²) >= 11 is 0. The number of carboxylic acid groups (broad SMARTS) is 1. The van der Waals surface area contributed by atoms with Crippen LogP contribution in [0.1, 0.15) is 90.4 Å². The van der Waals surface area contributed by atoms with Crippen molar-refractivity contribution >= 4 is 5.97 Å². The summed E-state index contributed by atoms with van der Waals surface area (Å²) in [6.45, 7) is 2.20. The summed E-state index contributed by atoms with van der Waals surface area (Å²) in [5.41, 5.74) is 0. The lowest BCUT2D eigenvalue weighted by atomic mass is 10.1. The van der Waals surface area contributed by atoms with Crippen LogP contribution in [0.3, 0.4) is 0 Å². The quantitative estimate of drug-likeness (QED) is 0.284. The molecule has 0 spiro atoms. The first kappa shape index (κ1) is 23.4. The topological polar surface area (TPSA) is 92.5 Å². The molecule has 0 saturated heterocycles. The molecule has 4 heteroatoms. The molecule has 0 aliphatic rings. The fraction of sp³-hybridized carbons (Fsp3) is 0.833. The molecule has 0 aromatic rings. The molecule has 0 aliphatic carbocycles. The Morgan fingerprint density at radius 1 is 0.955 bits per heavy atom. The second-order valence-corrected chi connectivity index (χ2v) is 5.91. The number of hydrogen-bond acceptors (Lipinski definition) is 3. The fourth-order valence-corrected chi connectivity index (χ4v) is 2.36. The molecule has 0 amide bonds. The first-order chi connectivity index (χ1) is 10.2. The number of aliphatic carboxylic acids is 1. The van der Waals surface area contributed by atoms with Crippen molar-refractivity contribution in [1.29, 1.82) is 0 Å². The summed E-state index contributed by atoms with van der Waals surface area (Å²) in [6.07, 6.45) is 17.4. The third-order valence-electron chi connectivity index (χ3n) is 3.73. The lowest BCUT2D eigenvalue weighted by molar-refractivity contribution is -0.137. The predicted octanol–water partition coefficient (Wildman–Crippen LogP) is 5.24. The smallest absolute Gasteiger partial charge is 0.303 e. The minimum Gasteiger partial charge on any atom is -0.481 e. The van der Waals surface area contributed by atoms with Crippen LogP contribution in [0.25, 0.3) is 0 Å². The SMILES string of the molecule is CCCCCCC(O)C/C=C\CCCCCCCC(=O)O.N. The van der Waals surface area contributed by atoms with Crippen molar-refractivity contribution in [3.63, 3.8) is 0 Å². The van der Waals surface area contributed by atoms with E-state index in [-0.39, 0.29) is 12.3 Å². The molecule has 0 rings (SSSR count). The van der Waals surface area contributed by atoms with Crippen molar-refractivity contribution in [3.8, 4) is 0 Å². The minimum atomic E-state index is -0.689. The molecular formula is C18H37NO3. The molecule has 0 bridgehead atoms. The maximum atomic E-state index is 10.3. The Morgan fingerprint density at radius 3 is 2.27 bits per heavy atom. The van der Waals surface area contributed by atoms with Gasteiger partial charge in [0.1, 0.15) is 0 Å². The van der Waals surface area contributed by atoms with Crippen LogP contribution in [0.4, 0.5) is 0 Å². The molecule has 0 radical (unpaired) electrons. The van der Waals surface area contributed by atoms with E-state index in [2.05, 4.69) is 19.1 Å². The minimum absolute atomic E-state index is 0. The highest BCUT2D eigenvalue weighted by atomic mass is 16.4. The zero-order valence-corrected chi connectivity index (χ0v) is 14.4. The molecular weight excluding hydrogens is 278 g/mol. The van der Waals surface area contributed by atoms with Crippen LogP contribution < -0.4 is 6.15 Å². The lowest BCUT2D eigenvalue weighted by Gasteiger charge is -2.07. The molecule has 22 heavy (non-hydrogen) atoms. The fourth-order valence-electron chi connectivity index (χ4n) is 2.36. The van der Waals surface area contributed by atoms with Gasteiger partial charge in [-0.2, -0.15) is 0 Å². The van der Waals surface area contributed by atoms with Crippen LogP contribution in [-0.2, 0) is 4.79 Å². The van der Waals surface area contributed by atoms with Gasteiger partial charge in [0.25, 0.3) is 0 Å².